The van der Waals surface area contributed by atoms with Gasteiger partial charge in [-0.3, -0.25) is 0 Å². The molecule has 0 aliphatic rings. The van der Waals surface area contributed by atoms with Gasteiger partial charge in [-0.2, -0.15) is 0 Å². The lowest BCUT2D eigenvalue weighted by atomic mass is 9.96. The predicted octanol–water partition coefficient (Wildman–Crippen LogP) is 4.73. The monoisotopic (exact) mass is 295 g/mol. The van der Waals surface area contributed by atoms with Crippen LogP contribution in [0.3, 0.4) is 0 Å². The Balaban J connectivity index is 2.52. The quantitative estimate of drug-likeness (QED) is 0.840. The summed E-state index contributed by atoms with van der Waals surface area (Å²) in [4.78, 5) is 1.08. The Morgan fingerprint density at radius 2 is 1.95 bits per heavy atom. The lowest BCUT2D eigenvalue weighted by molar-refractivity contribution is 0.499. The topological polar surface area (TPSA) is 12.0 Å². The van der Waals surface area contributed by atoms with Gasteiger partial charge in [-0.25, -0.2) is 8.78 Å². The number of rotatable bonds is 5. The molecule has 1 N–H and O–H groups in total. The van der Waals surface area contributed by atoms with Gasteiger partial charge in [-0.1, -0.05) is 13.0 Å². The maximum atomic E-state index is 14.4. The summed E-state index contributed by atoms with van der Waals surface area (Å²) in [5.74, 6) is -0.948. The van der Waals surface area contributed by atoms with Crippen molar-refractivity contribution in [3.8, 4) is 0 Å². The van der Waals surface area contributed by atoms with Gasteiger partial charge in [0.15, 0.2) is 0 Å². The Kier molecular flexibility index (Phi) is 4.89. The molecule has 108 valence electrons. The highest BCUT2D eigenvalue weighted by atomic mass is 32.1. The van der Waals surface area contributed by atoms with E-state index >= 15 is 0 Å². The standard InChI is InChI=1S/C16H19F2NS/c1-4-8-19-16(12-7-9-20-11(12)3)14-13(17)6-5-10(2)15(14)18/h5-7,9,16,19H,4,8H2,1-3H3. The lowest BCUT2D eigenvalue weighted by Gasteiger charge is -2.21. The molecule has 0 bridgehead atoms. The molecule has 0 spiro atoms. The van der Waals surface area contributed by atoms with Crippen molar-refractivity contribution < 1.29 is 8.78 Å². The highest BCUT2D eigenvalue weighted by molar-refractivity contribution is 7.10. The van der Waals surface area contributed by atoms with Crippen molar-refractivity contribution in [2.45, 2.75) is 33.2 Å². The molecule has 2 rings (SSSR count). The van der Waals surface area contributed by atoms with E-state index in [0.717, 1.165) is 16.9 Å². The number of hydrogen-bond donors (Lipinski definition) is 1. The number of thiophene rings is 1. The molecule has 1 aromatic carbocycles. The van der Waals surface area contributed by atoms with Crippen LogP contribution >= 0.6 is 11.3 Å². The first-order valence-electron chi connectivity index (χ1n) is 6.78. The maximum absolute atomic E-state index is 14.4. The van der Waals surface area contributed by atoms with Gasteiger partial charge >= 0.3 is 0 Å². The van der Waals surface area contributed by atoms with Crippen molar-refractivity contribution in [2.75, 3.05) is 6.54 Å². The average molecular weight is 295 g/mol. The molecule has 0 aliphatic heterocycles. The molecule has 4 heteroatoms. The fourth-order valence-electron chi connectivity index (χ4n) is 2.29. The molecule has 1 unspecified atom stereocenters. The van der Waals surface area contributed by atoms with Crippen molar-refractivity contribution in [1.82, 2.24) is 5.32 Å². The van der Waals surface area contributed by atoms with Gasteiger partial charge in [0.2, 0.25) is 0 Å². The van der Waals surface area contributed by atoms with E-state index in [1.807, 2.05) is 25.3 Å². The first kappa shape index (κ1) is 15.1. The van der Waals surface area contributed by atoms with E-state index in [-0.39, 0.29) is 5.56 Å². The number of aryl methyl sites for hydroxylation is 2. The van der Waals surface area contributed by atoms with Crippen LogP contribution in [0.5, 0.6) is 0 Å². The molecule has 1 heterocycles. The fourth-order valence-corrected chi connectivity index (χ4v) is 3.03. The number of hydrogen-bond acceptors (Lipinski definition) is 2. The van der Waals surface area contributed by atoms with Crippen LogP contribution in [0.15, 0.2) is 23.6 Å². The molecule has 1 atom stereocenters. The van der Waals surface area contributed by atoms with Gasteiger partial charge in [0.05, 0.1) is 6.04 Å². The normalized spacial score (nSPS) is 12.7. The van der Waals surface area contributed by atoms with Gasteiger partial charge in [0.1, 0.15) is 11.6 Å². The van der Waals surface area contributed by atoms with Crippen LogP contribution in [-0.2, 0) is 0 Å². The second-order valence-corrected chi connectivity index (χ2v) is 6.03. The van der Waals surface area contributed by atoms with Gasteiger partial charge in [-0.15, -0.1) is 11.3 Å². The minimum absolute atomic E-state index is 0.125. The van der Waals surface area contributed by atoms with Gasteiger partial charge < -0.3 is 5.32 Å². The third-order valence-electron chi connectivity index (χ3n) is 3.42. The fraction of sp³-hybridized carbons (Fsp3) is 0.375. The molecule has 0 aliphatic carbocycles. The van der Waals surface area contributed by atoms with E-state index in [4.69, 9.17) is 0 Å². The molecule has 0 saturated carbocycles. The summed E-state index contributed by atoms with van der Waals surface area (Å²) in [5, 5.41) is 5.22. The highest BCUT2D eigenvalue weighted by Crippen LogP contribution is 2.32. The summed E-state index contributed by atoms with van der Waals surface area (Å²) < 4.78 is 28.5. The van der Waals surface area contributed by atoms with Crippen molar-refractivity contribution in [1.29, 1.82) is 0 Å². The largest absolute Gasteiger partial charge is 0.306 e. The molecule has 0 saturated heterocycles. The van der Waals surface area contributed by atoms with E-state index < -0.39 is 17.7 Å². The Labute approximate surface area is 122 Å². The number of halogens is 2. The molecular weight excluding hydrogens is 276 g/mol. The zero-order valence-electron chi connectivity index (χ0n) is 12.0. The summed E-state index contributed by atoms with van der Waals surface area (Å²) in [7, 11) is 0. The minimum atomic E-state index is -0.493. The van der Waals surface area contributed by atoms with Crippen LogP contribution in [-0.4, -0.2) is 6.54 Å². The molecular formula is C16H19F2NS. The van der Waals surface area contributed by atoms with Gasteiger partial charge in [0, 0.05) is 10.4 Å². The second kappa shape index (κ2) is 6.46. The molecule has 0 amide bonds. The SMILES string of the molecule is CCCNC(c1ccsc1C)c1c(F)ccc(C)c1F. The van der Waals surface area contributed by atoms with E-state index in [1.54, 1.807) is 18.3 Å². The first-order valence-corrected chi connectivity index (χ1v) is 7.66. The molecule has 1 aromatic heterocycles. The number of benzene rings is 1. The Bertz CT molecular complexity index is 592. The van der Waals surface area contributed by atoms with E-state index in [9.17, 15) is 8.78 Å². The Morgan fingerprint density at radius 1 is 1.20 bits per heavy atom. The highest BCUT2D eigenvalue weighted by Gasteiger charge is 2.24. The third-order valence-corrected chi connectivity index (χ3v) is 4.28. The minimum Gasteiger partial charge on any atom is -0.306 e. The lowest BCUT2D eigenvalue weighted by Crippen LogP contribution is -2.25. The maximum Gasteiger partial charge on any atom is 0.134 e. The van der Waals surface area contributed by atoms with Crippen LogP contribution in [0, 0.1) is 25.5 Å². The number of nitrogens with one attached hydrogen (secondary N) is 1. The molecule has 2 aromatic rings. The molecule has 1 nitrogen and oxygen atoms in total. The van der Waals surface area contributed by atoms with Crippen LogP contribution in [0.4, 0.5) is 8.78 Å². The van der Waals surface area contributed by atoms with E-state index in [0.29, 0.717) is 12.1 Å². The van der Waals surface area contributed by atoms with Crippen molar-refractivity contribution >= 4 is 11.3 Å². The van der Waals surface area contributed by atoms with Crippen LogP contribution in [0.1, 0.15) is 41.0 Å². The molecule has 0 radical (unpaired) electrons. The van der Waals surface area contributed by atoms with E-state index in [2.05, 4.69) is 5.32 Å². The summed E-state index contributed by atoms with van der Waals surface area (Å²) in [6, 6.07) is 4.33. The Morgan fingerprint density at radius 3 is 2.55 bits per heavy atom. The van der Waals surface area contributed by atoms with Crippen LogP contribution in [0.25, 0.3) is 0 Å². The smallest absolute Gasteiger partial charge is 0.134 e. The summed E-state index contributed by atoms with van der Waals surface area (Å²) >= 11 is 1.59. The van der Waals surface area contributed by atoms with Crippen molar-refractivity contribution in [3.05, 3.63) is 56.8 Å². The zero-order valence-corrected chi connectivity index (χ0v) is 12.8. The van der Waals surface area contributed by atoms with Gasteiger partial charge in [-0.05, 0) is 55.5 Å². The average Bonchev–Trinajstić information content (AvgIpc) is 2.84. The van der Waals surface area contributed by atoms with E-state index in [1.165, 1.54) is 12.1 Å². The van der Waals surface area contributed by atoms with Crippen LogP contribution < -0.4 is 5.32 Å². The molecule has 20 heavy (non-hydrogen) atoms. The zero-order chi connectivity index (χ0) is 14.7. The summed E-state index contributed by atoms with van der Waals surface area (Å²) in [6.07, 6.45) is 0.911. The van der Waals surface area contributed by atoms with Crippen molar-refractivity contribution in [2.24, 2.45) is 0 Å². The Hall–Kier alpha value is -1.26. The second-order valence-electron chi connectivity index (χ2n) is 4.91. The molecule has 0 fully saturated rings. The van der Waals surface area contributed by atoms with Crippen LogP contribution in [0.2, 0.25) is 0 Å². The summed E-state index contributed by atoms with van der Waals surface area (Å²) in [6.45, 7) is 6.39. The predicted molar refractivity (Wildman–Crippen MR) is 80.3 cm³/mol. The van der Waals surface area contributed by atoms with Crippen molar-refractivity contribution in [3.63, 3.8) is 0 Å². The summed E-state index contributed by atoms with van der Waals surface area (Å²) in [5.41, 5.74) is 1.55. The van der Waals surface area contributed by atoms with Gasteiger partial charge in [0.25, 0.3) is 0 Å². The first-order chi connectivity index (χ1) is 9.56. The third kappa shape index (κ3) is 2.91.